The molecule has 4 nitrogen and oxygen atoms in total. The summed E-state index contributed by atoms with van der Waals surface area (Å²) in [5.74, 6) is 1.08. The highest BCUT2D eigenvalue weighted by molar-refractivity contribution is 5.76. The van der Waals surface area contributed by atoms with E-state index in [1.165, 1.54) is 32.1 Å². The van der Waals surface area contributed by atoms with Gasteiger partial charge >= 0.3 is 0 Å². The summed E-state index contributed by atoms with van der Waals surface area (Å²) >= 11 is 0. The van der Waals surface area contributed by atoms with Crippen molar-refractivity contribution in [1.29, 1.82) is 0 Å². The lowest BCUT2D eigenvalue weighted by molar-refractivity contribution is -0.130. The lowest BCUT2D eigenvalue weighted by Crippen LogP contribution is -2.47. The second-order valence-electron chi connectivity index (χ2n) is 6.13. The van der Waals surface area contributed by atoms with Crippen LogP contribution in [0.2, 0.25) is 0 Å². The molecule has 1 fully saturated rings. The SMILES string of the molecule is CCC1CCC(N(C)C(CN)CC(=O)N(C)C)CC1. The molecule has 0 saturated heterocycles. The number of nitrogens with zero attached hydrogens (tertiary/aromatic N) is 2. The van der Waals surface area contributed by atoms with Crippen LogP contribution in [-0.4, -0.2) is 55.5 Å². The predicted molar refractivity (Wildman–Crippen MR) is 80.0 cm³/mol. The molecule has 1 rings (SSSR count). The molecule has 1 aliphatic rings. The zero-order valence-electron chi connectivity index (χ0n) is 13.1. The summed E-state index contributed by atoms with van der Waals surface area (Å²) in [4.78, 5) is 15.9. The van der Waals surface area contributed by atoms with Crippen molar-refractivity contribution in [3.05, 3.63) is 0 Å². The number of rotatable bonds is 6. The van der Waals surface area contributed by atoms with Gasteiger partial charge in [0.15, 0.2) is 0 Å². The van der Waals surface area contributed by atoms with Crippen LogP contribution in [0.25, 0.3) is 0 Å². The van der Waals surface area contributed by atoms with Gasteiger partial charge in [-0.05, 0) is 38.6 Å². The van der Waals surface area contributed by atoms with Gasteiger partial charge in [-0.2, -0.15) is 0 Å². The smallest absolute Gasteiger partial charge is 0.223 e. The second-order valence-corrected chi connectivity index (χ2v) is 6.13. The third-order valence-electron chi connectivity index (χ3n) is 4.73. The lowest BCUT2D eigenvalue weighted by atomic mass is 9.83. The van der Waals surface area contributed by atoms with E-state index in [1.54, 1.807) is 4.90 Å². The first-order valence-corrected chi connectivity index (χ1v) is 7.61. The minimum Gasteiger partial charge on any atom is -0.349 e. The maximum Gasteiger partial charge on any atom is 0.223 e. The first kappa shape index (κ1) is 16.4. The van der Waals surface area contributed by atoms with Crippen molar-refractivity contribution in [2.75, 3.05) is 27.7 Å². The van der Waals surface area contributed by atoms with Gasteiger partial charge in [-0.3, -0.25) is 9.69 Å². The molecule has 0 aromatic heterocycles. The van der Waals surface area contributed by atoms with Crippen molar-refractivity contribution < 1.29 is 4.79 Å². The van der Waals surface area contributed by atoms with Crippen LogP contribution in [0.4, 0.5) is 0 Å². The van der Waals surface area contributed by atoms with Crippen LogP contribution in [0.3, 0.4) is 0 Å². The van der Waals surface area contributed by atoms with Crippen molar-refractivity contribution >= 4 is 5.91 Å². The summed E-state index contributed by atoms with van der Waals surface area (Å²) < 4.78 is 0. The molecular formula is C15H31N3O. The summed E-state index contributed by atoms with van der Waals surface area (Å²) in [6.45, 7) is 2.84. The molecule has 0 radical (unpaired) electrons. The summed E-state index contributed by atoms with van der Waals surface area (Å²) in [6.07, 6.45) is 6.99. The molecule has 1 aliphatic carbocycles. The van der Waals surface area contributed by atoms with Crippen molar-refractivity contribution in [3.63, 3.8) is 0 Å². The van der Waals surface area contributed by atoms with Crippen LogP contribution >= 0.6 is 0 Å². The molecule has 1 saturated carbocycles. The first-order valence-electron chi connectivity index (χ1n) is 7.61. The number of nitrogens with two attached hydrogens (primary N) is 1. The Labute approximate surface area is 118 Å². The maximum atomic E-state index is 11.8. The van der Waals surface area contributed by atoms with E-state index in [4.69, 9.17) is 5.73 Å². The largest absolute Gasteiger partial charge is 0.349 e. The molecule has 2 N–H and O–H groups in total. The van der Waals surface area contributed by atoms with Crippen molar-refractivity contribution in [1.82, 2.24) is 9.80 Å². The zero-order valence-corrected chi connectivity index (χ0v) is 13.1. The van der Waals surface area contributed by atoms with Gasteiger partial charge in [-0.15, -0.1) is 0 Å². The number of likely N-dealkylation sites (N-methyl/N-ethyl adjacent to an activating group) is 1. The highest BCUT2D eigenvalue weighted by Crippen LogP contribution is 2.29. The molecule has 1 atom stereocenters. The van der Waals surface area contributed by atoms with Gasteiger partial charge in [0.2, 0.25) is 5.91 Å². The third kappa shape index (κ3) is 4.77. The number of carbonyl (C=O) groups is 1. The molecular weight excluding hydrogens is 238 g/mol. The molecule has 0 aliphatic heterocycles. The van der Waals surface area contributed by atoms with Gasteiger partial charge in [0.25, 0.3) is 0 Å². The standard InChI is InChI=1S/C15H31N3O/c1-5-12-6-8-13(9-7-12)18(4)14(11-16)10-15(19)17(2)3/h12-14H,5-11,16H2,1-4H3. The predicted octanol–water partition coefficient (Wildman–Crippen LogP) is 1.69. The Bertz CT molecular complexity index is 273. The summed E-state index contributed by atoms with van der Waals surface area (Å²) in [6, 6.07) is 0.782. The molecule has 0 bridgehead atoms. The second kappa shape index (κ2) is 7.85. The Hall–Kier alpha value is -0.610. The monoisotopic (exact) mass is 269 g/mol. The van der Waals surface area contributed by atoms with Crippen LogP contribution < -0.4 is 5.73 Å². The summed E-state index contributed by atoms with van der Waals surface area (Å²) in [5, 5.41) is 0. The quantitative estimate of drug-likeness (QED) is 0.798. The average Bonchev–Trinajstić information content (AvgIpc) is 2.43. The Morgan fingerprint density at radius 2 is 1.79 bits per heavy atom. The van der Waals surface area contributed by atoms with E-state index in [0.29, 0.717) is 19.0 Å². The Morgan fingerprint density at radius 3 is 2.21 bits per heavy atom. The van der Waals surface area contributed by atoms with Gasteiger partial charge in [0.1, 0.15) is 0 Å². The number of hydrogen-bond acceptors (Lipinski definition) is 3. The molecule has 0 spiro atoms. The summed E-state index contributed by atoms with van der Waals surface area (Å²) in [7, 11) is 5.75. The first-order chi connectivity index (χ1) is 8.99. The fourth-order valence-electron chi connectivity index (χ4n) is 3.04. The maximum absolute atomic E-state index is 11.8. The van der Waals surface area contributed by atoms with E-state index in [9.17, 15) is 4.79 Å². The fraction of sp³-hybridized carbons (Fsp3) is 0.933. The number of amides is 1. The summed E-state index contributed by atoms with van der Waals surface area (Å²) in [5.41, 5.74) is 5.87. The molecule has 1 amide bonds. The minimum atomic E-state index is 0.171. The molecule has 112 valence electrons. The Kier molecular flexibility index (Phi) is 6.80. The highest BCUT2D eigenvalue weighted by Gasteiger charge is 2.28. The Balaban J connectivity index is 2.49. The minimum absolute atomic E-state index is 0.171. The molecule has 0 aromatic carbocycles. The zero-order chi connectivity index (χ0) is 14.4. The fourth-order valence-corrected chi connectivity index (χ4v) is 3.04. The van der Waals surface area contributed by atoms with E-state index < -0.39 is 0 Å². The van der Waals surface area contributed by atoms with Crippen LogP contribution in [0, 0.1) is 5.92 Å². The van der Waals surface area contributed by atoms with Crippen LogP contribution in [0.1, 0.15) is 45.4 Å². The molecule has 19 heavy (non-hydrogen) atoms. The number of hydrogen-bond donors (Lipinski definition) is 1. The van der Waals surface area contributed by atoms with Crippen LogP contribution in [0.5, 0.6) is 0 Å². The molecule has 4 heteroatoms. The van der Waals surface area contributed by atoms with E-state index in [1.807, 2.05) is 14.1 Å². The van der Waals surface area contributed by atoms with Crippen molar-refractivity contribution in [2.45, 2.75) is 57.5 Å². The number of carbonyl (C=O) groups excluding carboxylic acids is 1. The van der Waals surface area contributed by atoms with Gasteiger partial charge in [-0.1, -0.05) is 13.3 Å². The van der Waals surface area contributed by atoms with Crippen LogP contribution in [-0.2, 0) is 4.79 Å². The van der Waals surface area contributed by atoms with Gasteiger partial charge in [0.05, 0.1) is 0 Å². The normalized spacial score (nSPS) is 25.4. The molecule has 0 heterocycles. The van der Waals surface area contributed by atoms with Crippen molar-refractivity contribution in [3.8, 4) is 0 Å². The average molecular weight is 269 g/mol. The third-order valence-corrected chi connectivity index (χ3v) is 4.73. The topological polar surface area (TPSA) is 49.6 Å². The van der Waals surface area contributed by atoms with Gasteiger partial charge in [0, 0.05) is 39.1 Å². The van der Waals surface area contributed by atoms with E-state index >= 15 is 0 Å². The highest BCUT2D eigenvalue weighted by atomic mass is 16.2. The lowest BCUT2D eigenvalue weighted by Gasteiger charge is -2.38. The van der Waals surface area contributed by atoms with E-state index in [2.05, 4.69) is 18.9 Å². The molecule has 1 unspecified atom stereocenters. The molecule has 0 aromatic rings. The van der Waals surface area contributed by atoms with Crippen molar-refractivity contribution in [2.24, 2.45) is 11.7 Å². The van der Waals surface area contributed by atoms with Gasteiger partial charge in [-0.25, -0.2) is 0 Å². The van der Waals surface area contributed by atoms with Gasteiger partial charge < -0.3 is 10.6 Å². The van der Waals surface area contributed by atoms with E-state index in [0.717, 1.165) is 5.92 Å². The van der Waals surface area contributed by atoms with Crippen LogP contribution in [0.15, 0.2) is 0 Å². The van der Waals surface area contributed by atoms with E-state index in [-0.39, 0.29) is 11.9 Å². The Morgan fingerprint density at radius 1 is 1.21 bits per heavy atom.